The molecule has 1 fully saturated rings. The lowest BCUT2D eigenvalue weighted by Crippen LogP contribution is -2.47. The van der Waals surface area contributed by atoms with E-state index in [4.69, 9.17) is 16.3 Å². The lowest BCUT2D eigenvalue weighted by Gasteiger charge is -2.33. The summed E-state index contributed by atoms with van der Waals surface area (Å²) in [7, 11) is 1.55. The van der Waals surface area contributed by atoms with Gasteiger partial charge in [0, 0.05) is 6.04 Å². The lowest BCUT2D eigenvalue weighted by atomic mass is 9.94. The second-order valence-corrected chi connectivity index (χ2v) is 10.5. The highest BCUT2D eigenvalue weighted by atomic mass is 35.5. The fourth-order valence-corrected chi connectivity index (χ4v) is 5.70. The van der Waals surface area contributed by atoms with Crippen molar-refractivity contribution in [2.45, 2.75) is 51.1 Å². The van der Waals surface area contributed by atoms with E-state index in [0.717, 1.165) is 32.1 Å². The molecule has 9 heteroatoms. The number of aromatic nitrogens is 2. The number of benzene rings is 3. The van der Waals surface area contributed by atoms with Crippen molar-refractivity contribution in [3.05, 3.63) is 107 Å². The van der Waals surface area contributed by atoms with Crippen molar-refractivity contribution in [3.63, 3.8) is 0 Å². The molecule has 0 radical (unpaired) electrons. The van der Waals surface area contributed by atoms with E-state index in [9.17, 15) is 9.59 Å². The summed E-state index contributed by atoms with van der Waals surface area (Å²) in [6.07, 6.45) is 4.85. The van der Waals surface area contributed by atoms with Gasteiger partial charge in [0.25, 0.3) is 5.91 Å². The number of rotatable bonds is 8. The van der Waals surface area contributed by atoms with Crippen LogP contribution in [0.15, 0.2) is 78.9 Å². The van der Waals surface area contributed by atoms with Gasteiger partial charge in [-0.2, -0.15) is 5.10 Å². The summed E-state index contributed by atoms with van der Waals surface area (Å²) in [5.74, 6) is -1.09. The zero-order chi connectivity index (χ0) is 28.9. The van der Waals surface area contributed by atoms with Crippen molar-refractivity contribution in [1.82, 2.24) is 15.1 Å². The first-order valence-corrected chi connectivity index (χ1v) is 14.1. The van der Waals surface area contributed by atoms with E-state index in [1.165, 1.54) is 27.8 Å². The minimum Gasteiger partial charge on any atom is -0.497 e. The molecule has 5 rings (SSSR count). The van der Waals surface area contributed by atoms with Crippen LogP contribution in [0, 0.1) is 12.7 Å². The molecule has 41 heavy (non-hydrogen) atoms. The normalized spacial score (nSPS) is 14.3. The van der Waals surface area contributed by atoms with Crippen LogP contribution in [0.3, 0.4) is 0 Å². The number of para-hydroxylation sites is 2. The number of hydrogen-bond acceptors (Lipinski definition) is 4. The zero-order valence-electron chi connectivity index (χ0n) is 23.0. The van der Waals surface area contributed by atoms with Crippen LogP contribution >= 0.6 is 11.6 Å². The Morgan fingerprint density at radius 2 is 1.66 bits per heavy atom. The Morgan fingerprint density at radius 3 is 2.32 bits per heavy atom. The molecule has 1 N–H and O–H groups in total. The minimum atomic E-state index is -1.19. The third-order valence-corrected chi connectivity index (χ3v) is 7.79. The van der Waals surface area contributed by atoms with E-state index in [0.29, 0.717) is 22.7 Å². The van der Waals surface area contributed by atoms with Gasteiger partial charge in [0.05, 0.1) is 24.2 Å². The maximum absolute atomic E-state index is 15.5. The average Bonchev–Trinajstić information content (AvgIpc) is 3.30. The van der Waals surface area contributed by atoms with Crippen LogP contribution in [0.4, 0.5) is 10.1 Å². The monoisotopic (exact) mass is 574 g/mol. The summed E-state index contributed by atoms with van der Waals surface area (Å²) >= 11 is 6.80. The number of halogens is 2. The smallest absolute Gasteiger partial charge is 0.264 e. The summed E-state index contributed by atoms with van der Waals surface area (Å²) in [5, 5.41) is 7.73. The largest absolute Gasteiger partial charge is 0.497 e. The molecule has 0 bridgehead atoms. The Kier molecular flexibility index (Phi) is 8.69. The van der Waals surface area contributed by atoms with Gasteiger partial charge in [0.15, 0.2) is 0 Å². The van der Waals surface area contributed by atoms with Crippen LogP contribution in [0.2, 0.25) is 5.15 Å². The molecule has 0 aliphatic heterocycles. The Balaban J connectivity index is 1.65. The van der Waals surface area contributed by atoms with Crippen molar-refractivity contribution in [1.29, 1.82) is 0 Å². The molecule has 3 aromatic carbocycles. The number of anilines is 1. The van der Waals surface area contributed by atoms with Gasteiger partial charge in [-0.1, -0.05) is 73.3 Å². The number of nitrogens with one attached hydrogen (secondary N) is 1. The number of nitrogens with zero attached hydrogens (tertiary/aromatic N) is 3. The van der Waals surface area contributed by atoms with Crippen molar-refractivity contribution in [2.75, 3.05) is 12.0 Å². The van der Waals surface area contributed by atoms with Crippen LogP contribution in [-0.2, 0) is 4.79 Å². The standard InChI is InChI=1S/C32H32ClFN4O3/c1-21-28(30(33)38(36-21)24-13-7-4-8-14-24)32(40)37(27-16-10-9-15-26(27)34)29(22-17-19-25(41-2)20-18-22)31(39)35-23-11-5-3-6-12-23/h4,7-10,13-20,23,29H,3,5-6,11-12H2,1-2H3,(H,35,39). The highest BCUT2D eigenvalue weighted by Gasteiger charge is 2.38. The number of carbonyl (C=O) groups is 2. The Labute approximate surface area is 243 Å². The van der Waals surface area contributed by atoms with Gasteiger partial charge in [0.2, 0.25) is 5.91 Å². The summed E-state index contributed by atoms with van der Waals surface area (Å²) in [4.78, 5) is 29.8. The van der Waals surface area contributed by atoms with Gasteiger partial charge in [-0.25, -0.2) is 9.07 Å². The molecular weight excluding hydrogens is 543 g/mol. The number of methoxy groups -OCH3 is 1. The van der Waals surface area contributed by atoms with Gasteiger partial charge in [-0.3, -0.25) is 14.5 Å². The molecule has 1 aromatic heterocycles. The first-order valence-electron chi connectivity index (χ1n) is 13.7. The van der Waals surface area contributed by atoms with Crippen molar-refractivity contribution in [3.8, 4) is 11.4 Å². The van der Waals surface area contributed by atoms with E-state index >= 15 is 4.39 Å². The maximum atomic E-state index is 15.5. The molecule has 1 saturated carbocycles. The third-order valence-electron chi connectivity index (χ3n) is 7.44. The topological polar surface area (TPSA) is 76.5 Å². The van der Waals surface area contributed by atoms with Gasteiger partial charge < -0.3 is 10.1 Å². The number of amides is 2. The van der Waals surface area contributed by atoms with E-state index in [2.05, 4.69) is 10.4 Å². The summed E-state index contributed by atoms with van der Waals surface area (Å²) < 4.78 is 22.3. The Morgan fingerprint density at radius 1 is 1.00 bits per heavy atom. The van der Waals surface area contributed by atoms with E-state index in [-0.39, 0.29) is 22.4 Å². The number of ether oxygens (including phenoxy) is 1. The molecule has 2 amide bonds. The predicted octanol–water partition coefficient (Wildman–Crippen LogP) is 6.82. The van der Waals surface area contributed by atoms with Gasteiger partial charge in [-0.05, 0) is 61.7 Å². The molecule has 4 aromatic rings. The van der Waals surface area contributed by atoms with Crippen molar-refractivity contribution >= 4 is 29.1 Å². The second-order valence-electron chi connectivity index (χ2n) is 10.1. The third kappa shape index (κ3) is 5.98. The van der Waals surface area contributed by atoms with Crippen molar-refractivity contribution in [2.24, 2.45) is 0 Å². The van der Waals surface area contributed by atoms with E-state index < -0.39 is 23.7 Å². The number of aryl methyl sites for hydroxylation is 1. The second kappa shape index (κ2) is 12.6. The van der Waals surface area contributed by atoms with Crippen LogP contribution in [0.25, 0.3) is 5.69 Å². The summed E-state index contributed by atoms with van der Waals surface area (Å²) in [6.45, 7) is 1.67. The first-order chi connectivity index (χ1) is 19.9. The fraction of sp³-hybridized carbons (Fsp3) is 0.281. The molecule has 1 aliphatic rings. The van der Waals surface area contributed by atoms with Gasteiger partial charge in [0.1, 0.15) is 28.3 Å². The highest BCUT2D eigenvalue weighted by molar-refractivity contribution is 6.34. The fourth-order valence-electron chi connectivity index (χ4n) is 5.35. The first kappa shape index (κ1) is 28.4. The Hall–Kier alpha value is -4.17. The molecular formula is C32H32ClFN4O3. The van der Waals surface area contributed by atoms with Crippen LogP contribution < -0.4 is 15.0 Å². The molecule has 212 valence electrons. The van der Waals surface area contributed by atoms with Crippen LogP contribution in [-0.4, -0.2) is 34.7 Å². The molecule has 0 saturated heterocycles. The van der Waals surface area contributed by atoms with E-state index in [1.54, 1.807) is 44.4 Å². The molecule has 0 spiro atoms. The predicted molar refractivity (Wildman–Crippen MR) is 157 cm³/mol. The van der Waals surface area contributed by atoms with Crippen LogP contribution in [0.1, 0.15) is 59.8 Å². The number of hydrogen-bond donors (Lipinski definition) is 1. The molecule has 7 nitrogen and oxygen atoms in total. The summed E-state index contributed by atoms with van der Waals surface area (Å²) in [6, 6.07) is 20.7. The Bertz CT molecular complexity index is 1520. The van der Waals surface area contributed by atoms with Gasteiger partial charge in [-0.15, -0.1) is 0 Å². The van der Waals surface area contributed by atoms with Gasteiger partial charge >= 0.3 is 0 Å². The quantitative estimate of drug-likeness (QED) is 0.250. The molecule has 1 aliphatic carbocycles. The number of carbonyl (C=O) groups excluding carboxylic acids is 2. The SMILES string of the molecule is COc1ccc(C(C(=O)NC2CCCCC2)N(C(=O)c2c(C)nn(-c3ccccc3)c2Cl)c2ccccc2F)cc1. The highest BCUT2D eigenvalue weighted by Crippen LogP contribution is 2.35. The summed E-state index contributed by atoms with van der Waals surface area (Å²) in [5.41, 5.74) is 1.56. The minimum absolute atomic E-state index is 0.0271. The van der Waals surface area contributed by atoms with E-state index in [1.807, 2.05) is 30.3 Å². The molecule has 1 unspecified atom stereocenters. The maximum Gasteiger partial charge on any atom is 0.264 e. The zero-order valence-corrected chi connectivity index (χ0v) is 23.8. The molecule has 1 heterocycles. The average molecular weight is 575 g/mol. The lowest BCUT2D eigenvalue weighted by molar-refractivity contribution is -0.123. The van der Waals surface area contributed by atoms with Crippen LogP contribution in [0.5, 0.6) is 5.75 Å². The van der Waals surface area contributed by atoms with Crippen molar-refractivity contribution < 1.29 is 18.7 Å². The molecule has 1 atom stereocenters.